The molecule has 0 aliphatic heterocycles. The average molecular weight is 247 g/mol. The van der Waals surface area contributed by atoms with Gasteiger partial charge in [0.15, 0.2) is 0 Å². The summed E-state index contributed by atoms with van der Waals surface area (Å²) in [4.78, 5) is 0. The van der Waals surface area contributed by atoms with E-state index in [-0.39, 0.29) is 0 Å². The number of benzene rings is 1. The van der Waals surface area contributed by atoms with Crippen LogP contribution < -0.4 is 9.20 Å². The molecule has 0 fully saturated rings. The summed E-state index contributed by atoms with van der Waals surface area (Å²) >= 11 is 2.52. The first-order valence-electron chi connectivity index (χ1n) is 3.62. The normalized spacial score (nSPS) is 9.83. The van der Waals surface area contributed by atoms with Crippen LogP contribution in [0.4, 0.5) is 0 Å². The third kappa shape index (κ3) is 3.10. The Morgan fingerprint density at radius 3 is 2.50 bits per heavy atom. The van der Waals surface area contributed by atoms with E-state index in [1.807, 2.05) is 23.9 Å². The molecule has 0 N–H and O–H groups in total. The van der Waals surface area contributed by atoms with Crippen LogP contribution in [0.25, 0.3) is 0 Å². The second kappa shape index (κ2) is 5.52. The van der Waals surface area contributed by atoms with Crippen LogP contribution in [-0.2, 0) is 0 Å². The molecular formula is C9H12OSSe. The minimum atomic E-state index is 0.617. The fourth-order valence-corrected chi connectivity index (χ4v) is 3.34. The number of ether oxygens (including phenoxy) is 1. The van der Waals surface area contributed by atoms with Crippen LogP contribution in [-0.4, -0.2) is 33.0 Å². The first kappa shape index (κ1) is 9.97. The van der Waals surface area contributed by atoms with Crippen molar-refractivity contribution < 1.29 is 4.74 Å². The Hall–Kier alpha value is -0.111. The van der Waals surface area contributed by atoms with Gasteiger partial charge in [-0.3, -0.25) is 0 Å². The molecule has 0 amide bonds. The molecule has 0 saturated carbocycles. The van der Waals surface area contributed by atoms with E-state index in [0.29, 0.717) is 15.0 Å². The molecule has 0 aliphatic carbocycles. The fourth-order valence-electron chi connectivity index (χ4n) is 0.799. The van der Waals surface area contributed by atoms with Crippen molar-refractivity contribution >= 4 is 31.2 Å². The van der Waals surface area contributed by atoms with Crippen molar-refractivity contribution in [1.82, 2.24) is 0 Å². The summed E-state index contributed by atoms with van der Waals surface area (Å²) in [6.07, 6.45) is 2.14. The van der Waals surface area contributed by atoms with Crippen LogP contribution in [0.2, 0.25) is 0 Å². The quantitative estimate of drug-likeness (QED) is 0.743. The van der Waals surface area contributed by atoms with Gasteiger partial charge in [-0.2, -0.15) is 0 Å². The van der Waals surface area contributed by atoms with Crippen molar-refractivity contribution in [3.8, 4) is 5.75 Å². The van der Waals surface area contributed by atoms with E-state index in [9.17, 15) is 0 Å². The van der Waals surface area contributed by atoms with Gasteiger partial charge in [0.05, 0.1) is 0 Å². The number of hydrogen-bond acceptors (Lipinski definition) is 2. The van der Waals surface area contributed by atoms with Crippen molar-refractivity contribution in [2.24, 2.45) is 0 Å². The molecule has 1 rings (SSSR count). The van der Waals surface area contributed by atoms with E-state index < -0.39 is 0 Å². The van der Waals surface area contributed by atoms with Crippen LogP contribution in [0.1, 0.15) is 0 Å². The predicted octanol–water partition coefficient (Wildman–Crippen LogP) is 1.35. The maximum absolute atomic E-state index is 5.08. The van der Waals surface area contributed by atoms with Gasteiger partial charge in [0.1, 0.15) is 0 Å². The van der Waals surface area contributed by atoms with Crippen molar-refractivity contribution in [3.63, 3.8) is 0 Å². The van der Waals surface area contributed by atoms with Crippen molar-refractivity contribution in [2.75, 3.05) is 18.0 Å². The summed E-state index contributed by atoms with van der Waals surface area (Å²) in [7, 11) is 1.70. The third-order valence-electron chi connectivity index (χ3n) is 1.40. The van der Waals surface area contributed by atoms with Gasteiger partial charge in [-0.05, 0) is 0 Å². The number of methoxy groups -OCH3 is 1. The van der Waals surface area contributed by atoms with E-state index in [1.165, 1.54) is 9.11 Å². The SMILES string of the molecule is COc1ccc([Se]CSC)cc1. The zero-order valence-corrected chi connectivity index (χ0v) is 9.77. The maximum atomic E-state index is 5.08. The van der Waals surface area contributed by atoms with Gasteiger partial charge in [0, 0.05) is 0 Å². The molecule has 0 aromatic heterocycles. The second-order valence-electron chi connectivity index (χ2n) is 2.23. The van der Waals surface area contributed by atoms with Gasteiger partial charge in [-0.25, -0.2) is 0 Å². The van der Waals surface area contributed by atoms with Crippen molar-refractivity contribution in [1.29, 1.82) is 0 Å². The van der Waals surface area contributed by atoms with Gasteiger partial charge in [-0.15, -0.1) is 0 Å². The minimum absolute atomic E-state index is 0.617. The Bertz CT molecular complexity index is 222. The van der Waals surface area contributed by atoms with E-state index in [4.69, 9.17) is 4.74 Å². The van der Waals surface area contributed by atoms with Gasteiger partial charge in [-0.1, -0.05) is 0 Å². The molecular weight excluding hydrogens is 235 g/mol. The molecule has 0 heterocycles. The monoisotopic (exact) mass is 248 g/mol. The van der Waals surface area contributed by atoms with Crippen LogP contribution in [0.15, 0.2) is 24.3 Å². The third-order valence-corrected chi connectivity index (χ3v) is 5.25. The molecule has 0 saturated heterocycles. The molecule has 1 aromatic carbocycles. The zero-order valence-electron chi connectivity index (χ0n) is 7.24. The van der Waals surface area contributed by atoms with Crippen molar-refractivity contribution in [3.05, 3.63) is 24.3 Å². The molecule has 0 bridgehead atoms. The van der Waals surface area contributed by atoms with E-state index in [1.54, 1.807) is 7.11 Å². The Kier molecular flexibility index (Phi) is 4.59. The standard InChI is InChI=1S/C9H12OSSe/c1-10-8-3-5-9(6-4-8)12-7-11-2/h3-6H,7H2,1-2H3. The molecule has 0 unspecified atom stereocenters. The van der Waals surface area contributed by atoms with E-state index >= 15 is 0 Å². The summed E-state index contributed by atoms with van der Waals surface area (Å²) in [5.41, 5.74) is 0. The summed E-state index contributed by atoms with van der Waals surface area (Å²) < 4.78 is 7.77. The molecule has 0 atom stereocenters. The summed E-state index contributed by atoms with van der Waals surface area (Å²) in [5.74, 6) is 0.943. The molecule has 0 radical (unpaired) electrons. The molecule has 1 aromatic rings. The molecule has 3 heteroatoms. The van der Waals surface area contributed by atoms with Gasteiger partial charge < -0.3 is 0 Å². The Morgan fingerprint density at radius 1 is 1.33 bits per heavy atom. The molecule has 0 spiro atoms. The van der Waals surface area contributed by atoms with Crippen LogP contribution in [0.3, 0.4) is 0 Å². The Morgan fingerprint density at radius 2 is 2.00 bits per heavy atom. The number of rotatable bonds is 4. The van der Waals surface area contributed by atoms with Crippen LogP contribution >= 0.6 is 11.8 Å². The second-order valence-corrected chi connectivity index (χ2v) is 6.12. The average Bonchev–Trinajstić information content (AvgIpc) is 2.15. The summed E-state index contributed by atoms with van der Waals surface area (Å²) in [6.45, 7) is 0. The number of hydrogen-bond donors (Lipinski definition) is 0. The first-order chi connectivity index (χ1) is 5.86. The fraction of sp³-hybridized carbons (Fsp3) is 0.333. The Labute approximate surface area is 84.0 Å². The molecule has 1 nitrogen and oxygen atoms in total. The molecule has 0 aliphatic rings. The van der Waals surface area contributed by atoms with Gasteiger partial charge in [0.2, 0.25) is 0 Å². The van der Waals surface area contributed by atoms with Crippen LogP contribution in [0.5, 0.6) is 5.75 Å². The first-order valence-corrected chi connectivity index (χ1v) is 7.09. The molecule has 12 heavy (non-hydrogen) atoms. The summed E-state index contributed by atoms with van der Waals surface area (Å²) in [5, 5.41) is 0. The van der Waals surface area contributed by atoms with Crippen molar-refractivity contribution in [2.45, 2.75) is 0 Å². The van der Waals surface area contributed by atoms with Gasteiger partial charge in [0.25, 0.3) is 0 Å². The van der Waals surface area contributed by atoms with Gasteiger partial charge >= 0.3 is 83.9 Å². The van der Waals surface area contributed by atoms with E-state index in [2.05, 4.69) is 18.4 Å². The number of thioether (sulfide) groups is 1. The molecule has 66 valence electrons. The van der Waals surface area contributed by atoms with E-state index in [0.717, 1.165) is 5.75 Å². The predicted molar refractivity (Wildman–Crippen MR) is 56.8 cm³/mol. The topological polar surface area (TPSA) is 9.23 Å². The summed E-state index contributed by atoms with van der Waals surface area (Å²) in [6, 6.07) is 8.35. The van der Waals surface area contributed by atoms with Crippen LogP contribution in [0, 0.1) is 0 Å². The Balaban J connectivity index is 2.53. The zero-order chi connectivity index (χ0) is 8.81.